The normalized spacial score (nSPS) is 13.9. The molecule has 0 saturated heterocycles. The van der Waals surface area contributed by atoms with Gasteiger partial charge in [0.2, 0.25) is 10.0 Å². The van der Waals surface area contributed by atoms with Gasteiger partial charge in [-0.05, 0) is 31.5 Å². The monoisotopic (exact) mass is 332 g/mol. The molecule has 0 fully saturated rings. The van der Waals surface area contributed by atoms with Crippen LogP contribution in [0.1, 0.15) is 38.8 Å². The van der Waals surface area contributed by atoms with E-state index in [0.29, 0.717) is 24.0 Å². The van der Waals surface area contributed by atoms with Gasteiger partial charge in [0.25, 0.3) is 0 Å². The maximum atomic E-state index is 12.4. The van der Waals surface area contributed by atoms with E-state index >= 15 is 0 Å². The molecular weight excluding hydrogens is 308 g/mol. The second kappa shape index (κ2) is 8.13. The van der Waals surface area contributed by atoms with Crippen LogP contribution in [0.25, 0.3) is 0 Å². The van der Waals surface area contributed by atoms with Gasteiger partial charge in [-0.3, -0.25) is 0 Å². The van der Waals surface area contributed by atoms with Crippen LogP contribution in [0, 0.1) is 0 Å². The lowest BCUT2D eigenvalue weighted by atomic mass is 10.1. The number of sulfonamides is 1. The molecule has 1 unspecified atom stereocenters. The summed E-state index contributed by atoms with van der Waals surface area (Å²) in [5, 5.41) is 3.81. The Bertz CT molecular complexity index is 546. The Balaban J connectivity index is 2.68. The van der Waals surface area contributed by atoms with E-state index in [0.717, 1.165) is 5.56 Å². The zero-order chi connectivity index (χ0) is 16.0. The van der Waals surface area contributed by atoms with Crippen LogP contribution in [0.5, 0.6) is 0 Å². The third kappa shape index (κ3) is 5.58. The highest BCUT2D eigenvalue weighted by Gasteiger charge is 2.25. The summed E-state index contributed by atoms with van der Waals surface area (Å²) in [7, 11) is -1.68. The highest BCUT2D eigenvalue weighted by atomic mass is 35.5. The van der Waals surface area contributed by atoms with Crippen LogP contribution in [0.2, 0.25) is 5.02 Å². The molecule has 1 atom stereocenters. The average molecular weight is 333 g/mol. The molecule has 0 aliphatic rings. The van der Waals surface area contributed by atoms with Crippen LogP contribution in [0.15, 0.2) is 24.3 Å². The minimum absolute atomic E-state index is 0.137. The fourth-order valence-electron chi connectivity index (χ4n) is 2.04. The van der Waals surface area contributed by atoms with Gasteiger partial charge in [0.1, 0.15) is 0 Å². The van der Waals surface area contributed by atoms with Gasteiger partial charge >= 0.3 is 0 Å². The summed E-state index contributed by atoms with van der Waals surface area (Å²) >= 11 is 6.14. The van der Waals surface area contributed by atoms with Gasteiger partial charge in [0, 0.05) is 24.2 Å². The Hall–Kier alpha value is -0.620. The Morgan fingerprint density at radius 3 is 2.43 bits per heavy atom. The zero-order valence-corrected chi connectivity index (χ0v) is 14.7. The highest BCUT2D eigenvalue weighted by molar-refractivity contribution is 7.89. The van der Waals surface area contributed by atoms with Crippen LogP contribution in [0.3, 0.4) is 0 Å². The molecule has 0 amide bonds. The molecular formula is C15H25ClN2O2S. The van der Waals surface area contributed by atoms with Gasteiger partial charge in [-0.1, -0.05) is 43.6 Å². The molecule has 0 saturated carbocycles. The lowest BCUT2D eigenvalue weighted by Gasteiger charge is -2.25. The quantitative estimate of drug-likeness (QED) is 0.744. The highest BCUT2D eigenvalue weighted by Crippen LogP contribution is 2.28. The van der Waals surface area contributed by atoms with Crippen molar-refractivity contribution < 1.29 is 8.42 Å². The van der Waals surface area contributed by atoms with Gasteiger partial charge in [0.05, 0.1) is 5.75 Å². The van der Waals surface area contributed by atoms with E-state index < -0.39 is 10.0 Å². The summed E-state index contributed by atoms with van der Waals surface area (Å²) in [6, 6.07) is 7.43. The average Bonchev–Trinajstić information content (AvgIpc) is 2.42. The topological polar surface area (TPSA) is 49.4 Å². The molecule has 0 aliphatic heterocycles. The number of rotatable bonds is 8. The molecule has 120 valence electrons. The SMILES string of the molecule is CC(C)NCCCS(=O)(=O)N(C)C(C)c1ccccc1Cl. The van der Waals surface area contributed by atoms with Crippen LogP contribution in [0.4, 0.5) is 0 Å². The largest absolute Gasteiger partial charge is 0.314 e. The van der Waals surface area contributed by atoms with Gasteiger partial charge in [0.15, 0.2) is 0 Å². The number of nitrogens with zero attached hydrogens (tertiary/aromatic N) is 1. The van der Waals surface area contributed by atoms with E-state index in [9.17, 15) is 8.42 Å². The van der Waals surface area contributed by atoms with Gasteiger partial charge in [-0.15, -0.1) is 0 Å². The molecule has 6 heteroatoms. The zero-order valence-electron chi connectivity index (χ0n) is 13.1. The molecule has 1 aromatic carbocycles. The van der Waals surface area contributed by atoms with E-state index in [1.54, 1.807) is 13.1 Å². The van der Waals surface area contributed by atoms with Crippen molar-refractivity contribution in [3.63, 3.8) is 0 Å². The van der Waals surface area contributed by atoms with Crippen molar-refractivity contribution in [2.45, 2.75) is 39.3 Å². The summed E-state index contributed by atoms with van der Waals surface area (Å²) in [6.45, 7) is 6.64. The minimum atomic E-state index is -3.29. The van der Waals surface area contributed by atoms with E-state index in [1.165, 1.54) is 4.31 Å². The first kappa shape index (κ1) is 18.4. The lowest BCUT2D eigenvalue weighted by molar-refractivity contribution is 0.397. The van der Waals surface area contributed by atoms with Crippen LogP contribution >= 0.6 is 11.6 Å². The van der Waals surface area contributed by atoms with Crippen LogP contribution in [-0.2, 0) is 10.0 Å². The summed E-state index contributed by atoms with van der Waals surface area (Å²) in [6.07, 6.45) is 0.597. The number of nitrogens with one attached hydrogen (secondary N) is 1. The first-order chi connectivity index (χ1) is 9.75. The van der Waals surface area contributed by atoms with Gasteiger partial charge in [-0.2, -0.15) is 4.31 Å². The first-order valence-electron chi connectivity index (χ1n) is 7.19. The van der Waals surface area contributed by atoms with Crippen molar-refractivity contribution in [2.24, 2.45) is 0 Å². The second-order valence-electron chi connectivity index (χ2n) is 5.49. The Morgan fingerprint density at radius 1 is 1.24 bits per heavy atom. The van der Waals surface area contributed by atoms with Crippen molar-refractivity contribution in [1.82, 2.24) is 9.62 Å². The van der Waals surface area contributed by atoms with Crippen molar-refractivity contribution >= 4 is 21.6 Å². The molecule has 0 bridgehead atoms. The van der Waals surface area contributed by atoms with E-state index in [2.05, 4.69) is 5.32 Å². The lowest BCUT2D eigenvalue weighted by Crippen LogP contribution is -2.33. The molecule has 0 aliphatic carbocycles. The fraction of sp³-hybridized carbons (Fsp3) is 0.600. The number of benzene rings is 1. The number of halogens is 1. The van der Waals surface area contributed by atoms with E-state index in [4.69, 9.17) is 11.6 Å². The Morgan fingerprint density at radius 2 is 1.86 bits per heavy atom. The van der Waals surface area contributed by atoms with Crippen molar-refractivity contribution in [3.05, 3.63) is 34.9 Å². The second-order valence-corrected chi connectivity index (χ2v) is 8.05. The Labute approximate surface area is 133 Å². The fourth-order valence-corrected chi connectivity index (χ4v) is 3.73. The molecule has 21 heavy (non-hydrogen) atoms. The molecule has 0 aromatic heterocycles. The molecule has 0 heterocycles. The Kier molecular flexibility index (Phi) is 7.13. The van der Waals surface area contributed by atoms with Crippen molar-refractivity contribution in [2.75, 3.05) is 19.3 Å². The molecule has 1 N–H and O–H groups in total. The maximum absolute atomic E-state index is 12.4. The van der Waals surface area contributed by atoms with Crippen LogP contribution < -0.4 is 5.32 Å². The molecule has 0 spiro atoms. The van der Waals surface area contributed by atoms with Crippen molar-refractivity contribution in [1.29, 1.82) is 0 Å². The predicted octanol–water partition coefficient (Wildman–Crippen LogP) is 3.05. The molecule has 4 nitrogen and oxygen atoms in total. The molecule has 1 rings (SSSR count). The summed E-state index contributed by atoms with van der Waals surface area (Å²) in [5.74, 6) is 0.137. The maximum Gasteiger partial charge on any atom is 0.214 e. The van der Waals surface area contributed by atoms with Gasteiger partial charge in [-0.25, -0.2) is 8.42 Å². The number of hydrogen-bond donors (Lipinski definition) is 1. The summed E-state index contributed by atoms with van der Waals surface area (Å²) in [4.78, 5) is 0. The van der Waals surface area contributed by atoms with E-state index in [1.807, 2.05) is 39.0 Å². The van der Waals surface area contributed by atoms with Crippen molar-refractivity contribution in [3.8, 4) is 0 Å². The third-order valence-corrected chi connectivity index (χ3v) is 5.81. The third-order valence-electron chi connectivity index (χ3n) is 3.47. The first-order valence-corrected chi connectivity index (χ1v) is 9.18. The predicted molar refractivity (Wildman–Crippen MR) is 89.2 cm³/mol. The number of hydrogen-bond acceptors (Lipinski definition) is 3. The van der Waals surface area contributed by atoms with E-state index in [-0.39, 0.29) is 11.8 Å². The molecule has 1 aromatic rings. The van der Waals surface area contributed by atoms with Gasteiger partial charge < -0.3 is 5.32 Å². The molecule has 0 radical (unpaired) electrons. The summed E-state index contributed by atoms with van der Waals surface area (Å²) < 4.78 is 26.1. The smallest absolute Gasteiger partial charge is 0.214 e. The minimum Gasteiger partial charge on any atom is -0.314 e. The standard InChI is InChI=1S/C15H25ClN2O2S/c1-12(2)17-10-7-11-21(19,20)18(4)13(3)14-8-5-6-9-15(14)16/h5-6,8-9,12-13,17H,7,10-11H2,1-4H3. The summed E-state index contributed by atoms with van der Waals surface area (Å²) in [5.41, 5.74) is 0.825. The van der Waals surface area contributed by atoms with Crippen LogP contribution in [-0.4, -0.2) is 38.1 Å².